The van der Waals surface area contributed by atoms with Crippen LogP contribution in [0, 0.1) is 6.92 Å². The highest BCUT2D eigenvalue weighted by molar-refractivity contribution is 6.45. The molecule has 1 aromatic heterocycles. The van der Waals surface area contributed by atoms with Gasteiger partial charge >= 0.3 is 5.63 Å². The molecule has 3 N–H and O–H groups in total. The summed E-state index contributed by atoms with van der Waals surface area (Å²) in [5.41, 5.74) is 0.706. The molecule has 0 bridgehead atoms. The molecule has 0 saturated carbocycles. The van der Waals surface area contributed by atoms with E-state index in [0.717, 1.165) is 0 Å². The molecular formula is C28H23ClN2O6. The van der Waals surface area contributed by atoms with Crippen molar-refractivity contribution in [3.8, 4) is 5.75 Å². The predicted octanol–water partition coefficient (Wildman–Crippen LogP) is 5.41. The minimum absolute atomic E-state index is 0.0676. The number of amides is 1. The zero-order chi connectivity index (χ0) is 26.5. The van der Waals surface area contributed by atoms with E-state index in [0.29, 0.717) is 27.2 Å². The smallest absolute Gasteiger partial charge is 0.343 e. The zero-order valence-corrected chi connectivity index (χ0v) is 20.5. The van der Waals surface area contributed by atoms with Crippen molar-refractivity contribution in [1.82, 2.24) is 0 Å². The van der Waals surface area contributed by atoms with Crippen LogP contribution in [0.1, 0.15) is 35.4 Å². The lowest BCUT2D eigenvalue weighted by atomic mass is 9.86. The molecule has 3 aromatic carbocycles. The molecule has 1 unspecified atom stereocenters. The number of halogens is 1. The lowest BCUT2D eigenvalue weighted by Crippen LogP contribution is -2.27. The van der Waals surface area contributed by atoms with Crippen LogP contribution < -0.4 is 10.9 Å². The van der Waals surface area contributed by atoms with Gasteiger partial charge in [0.1, 0.15) is 17.1 Å². The Kier molecular flexibility index (Phi) is 7.69. The van der Waals surface area contributed by atoms with Crippen molar-refractivity contribution >= 4 is 45.7 Å². The van der Waals surface area contributed by atoms with Crippen LogP contribution >= 0.6 is 11.6 Å². The van der Waals surface area contributed by atoms with E-state index in [1.165, 1.54) is 0 Å². The van der Waals surface area contributed by atoms with Gasteiger partial charge in [-0.1, -0.05) is 59.2 Å². The third-order valence-corrected chi connectivity index (χ3v) is 6.22. The maximum atomic E-state index is 13.1. The average Bonchev–Trinajstić information content (AvgIpc) is 2.88. The minimum Gasteiger partial charge on any atom is -0.507 e. The number of nitrogens with one attached hydrogen (secondary N) is 1. The summed E-state index contributed by atoms with van der Waals surface area (Å²) in [6.07, 6.45) is -0.759. The second-order valence-corrected chi connectivity index (χ2v) is 8.93. The summed E-state index contributed by atoms with van der Waals surface area (Å²) in [5, 5.41) is 26.9. The molecule has 0 spiro atoms. The maximum Gasteiger partial charge on any atom is 0.343 e. The zero-order valence-electron chi connectivity index (χ0n) is 19.8. The number of fused-ring (bicyclic) bond motifs is 1. The van der Waals surface area contributed by atoms with Crippen molar-refractivity contribution in [3.05, 3.63) is 105 Å². The van der Waals surface area contributed by atoms with Gasteiger partial charge in [0, 0.05) is 23.0 Å². The second-order valence-electron chi connectivity index (χ2n) is 8.49. The first kappa shape index (κ1) is 25.7. The molecule has 0 aliphatic rings. The van der Waals surface area contributed by atoms with Gasteiger partial charge in [0.25, 0.3) is 5.91 Å². The molecule has 1 amide bonds. The molecule has 0 radical (unpaired) electrons. The molecule has 0 aliphatic carbocycles. The molecule has 8 nitrogen and oxygen atoms in total. The van der Waals surface area contributed by atoms with E-state index in [9.17, 15) is 24.7 Å². The maximum absolute atomic E-state index is 13.1. The number of hydrogen-bond donors (Lipinski definition) is 3. The first-order valence-electron chi connectivity index (χ1n) is 11.4. The third kappa shape index (κ3) is 5.70. The second kappa shape index (κ2) is 11.1. The van der Waals surface area contributed by atoms with Crippen LogP contribution in [-0.4, -0.2) is 27.7 Å². The van der Waals surface area contributed by atoms with E-state index in [-0.39, 0.29) is 23.3 Å². The number of hydrogen-bond acceptors (Lipinski definition) is 7. The first-order valence-corrected chi connectivity index (χ1v) is 11.8. The van der Waals surface area contributed by atoms with Gasteiger partial charge in [-0.25, -0.2) is 4.79 Å². The molecule has 9 heteroatoms. The van der Waals surface area contributed by atoms with Crippen molar-refractivity contribution in [2.24, 2.45) is 5.16 Å². The summed E-state index contributed by atoms with van der Waals surface area (Å²) in [4.78, 5) is 38.7. The van der Waals surface area contributed by atoms with E-state index in [4.69, 9.17) is 16.0 Å². The molecule has 1 atom stereocenters. The van der Waals surface area contributed by atoms with Crippen LogP contribution in [0.2, 0.25) is 5.02 Å². The highest BCUT2D eigenvalue weighted by atomic mass is 35.5. The van der Waals surface area contributed by atoms with Gasteiger partial charge in [0.2, 0.25) is 0 Å². The van der Waals surface area contributed by atoms with Gasteiger partial charge in [-0.15, -0.1) is 0 Å². The predicted molar refractivity (Wildman–Crippen MR) is 141 cm³/mol. The van der Waals surface area contributed by atoms with Crippen molar-refractivity contribution in [2.45, 2.75) is 25.7 Å². The highest BCUT2D eigenvalue weighted by Gasteiger charge is 2.28. The summed E-state index contributed by atoms with van der Waals surface area (Å²) in [5.74, 6) is -2.39. The normalized spacial score (nSPS) is 12.3. The largest absolute Gasteiger partial charge is 0.507 e. The SMILES string of the molecule is Cc1cc(Cl)ccc1NC(=O)/C(CC(=O)CC(c1ccccc1)c1c(O)c2ccccc2oc1=O)=N/O. The number of anilines is 1. The molecule has 188 valence electrons. The van der Waals surface area contributed by atoms with Crippen LogP contribution in [0.3, 0.4) is 0 Å². The Morgan fingerprint density at radius 2 is 1.76 bits per heavy atom. The molecule has 1 heterocycles. The summed E-state index contributed by atoms with van der Waals surface area (Å²) < 4.78 is 5.42. The number of para-hydroxylation sites is 1. The summed E-state index contributed by atoms with van der Waals surface area (Å²) in [7, 11) is 0. The van der Waals surface area contributed by atoms with Crippen LogP contribution in [-0.2, 0) is 9.59 Å². The van der Waals surface area contributed by atoms with E-state index in [1.54, 1.807) is 79.7 Å². The fraction of sp³-hybridized carbons (Fsp3) is 0.143. The minimum atomic E-state index is -0.865. The lowest BCUT2D eigenvalue weighted by Gasteiger charge is -2.18. The van der Waals surface area contributed by atoms with Crippen LogP contribution in [0.25, 0.3) is 11.0 Å². The monoisotopic (exact) mass is 518 g/mol. The average molecular weight is 519 g/mol. The van der Waals surface area contributed by atoms with Gasteiger partial charge in [-0.3, -0.25) is 9.59 Å². The van der Waals surface area contributed by atoms with Gasteiger partial charge < -0.3 is 20.0 Å². The molecule has 0 aliphatic heterocycles. The summed E-state index contributed by atoms with van der Waals surface area (Å²) in [6, 6.07) is 20.1. The van der Waals surface area contributed by atoms with E-state index >= 15 is 0 Å². The summed E-state index contributed by atoms with van der Waals surface area (Å²) in [6.45, 7) is 1.74. The number of carbonyl (C=O) groups is 2. The van der Waals surface area contributed by atoms with E-state index in [2.05, 4.69) is 10.5 Å². The van der Waals surface area contributed by atoms with Gasteiger partial charge in [-0.05, 0) is 48.4 Å². The number of nitrogens with zero attached hydrogens (tertiary/aromatic N) is 1. The van der Waals surface area contributed by atoms with Crippen molar-refractivity contribution < 1.29 is 24.3 Å². The number of oxime groups is 1. The highest BCUT2D eigenvalue weighted by Crippen LogP contribution is 2.36. The van der Waals surface area contributed by atoms with Crippen molar-refractivity contribution in [2.75, 3.05) is 5.32 Å². The number of ketones is 1. The summed E-state index contributed by atoms with van der Waals surface area (Å²) >= 11 is 5.95. The Morgan fingerprint density at radius 1 is 1.05 bits per heavy atom. The third-order valence-electron chi connectivity index (χ3n) is 5.99. The standard InChI is InChI=1S/C28H23ClN2O6/c1-16-13-18(29)11-12-22(16)30-27(34)23(31-36)15-19(32)14-21(17-7-3-2-4-8-17)25-26(33)20-9-5-6-10-24(20)37-28(25)35/h2-13,21,33,36H,14-15H2,1H3,(H,30,34)/b31-23+. The number of carbonyl (C=O) groups excluding carboxylic acids is 2. The van der Waals surface area contributed by atoms with E-state index in [1.807, 2.05) is 0 Å². The molecular weight excluding hydrogens is 496 g/mol. The molecule has 0 fully saturated rings. The topological polar surface area (TPSA) is 129 Å². The van der Waals surface area contributed by atoms with Crippen molar-refractivity contribution in [3.63, 3.8) is 0 Å². The Hall–Kier alpha value is -4.43. The molecule has 37 heavy (non-hydrogen) atoms. The van der Waals surface area contributed by atoms with Crippen molar-refractivity contribution in [1.29, 1.82) is 0 Å². The van der Waals surface area contributed by atoms with Gasteiger partial charge in [-0.2, -0.15) is 0 Å². The number of Topliss-reactive ketones (excluding diaryl/α,β-unsaturated/α-hetero) is 1. The Labute approximate surface area is 216 Å². The molecule has 4 aromatic rings. The fourth-order valence-electron chi connectivity index (χ4n) is 4.14. The molecule has 0 saturated heterocycles. The van der Waals surface area contributed by atoms with Crippen LogP contribution in [0.4, 0.5) is 5.69 Å². The Balaban J connectivity index is 1.62. The Bertz CT molecular complexity index is 1560. The number of aryl methyl sites for hydroxylation is 1. The van der Waals surface area contributed by atoms with Crippen LogP contribution in [0.5, 0.6) is 5.75 Å². The first-order chi connectivity index (χ1) is 17.8. The van der Waals surface area contributed by atoms with E-state index < -0.39 is 35.4 Å². The lowest BCUT2D eigenvalue weighted by molar-refractivity contribution is -0.119. The number of aromatic hydroxyl groups is 1. The number of benzene rings is 3. The molecule has 4 rings (SSSR count). The quantitative estimate of drug-likeness (QED) is 0.124. The van der Waals surface area contributed by atoms with Gasteiger partial charge in [0.05, 0.1) is 17.4 Å². The van der Waals surface area contributed by atoms with Gasteiger partial charge in [0.15, 0.2) is 5.71 Å². The fourth-order valence-corrected chi connectivity index (χ4v) is 4.36. The Morgan fingerprint density at radius 3 is 2.46 bits per heavy atom. The number of rotatable bonds is 8. The van der Waals surface area contributed by atoms with Crippen LogP contribution in [0.15, 0.2) is 87.2 Å².